The third-order valence-electron chi connectivity index (χ3n) is 2.61. The molecule has 0 aliphatic carbocycles. The lowest BCUT2D eigenvalue weighted by molar-refractivity contribution is -0.108. The van der Waals surface area contributed by atoms with Crippen LogP contribution in [-0.4, -0.2) is 42.6 Å². The van der Waals surface area contributed by atoms with Crippen molar-refractivity contribution in [2.45, 2.75) is 18.4 Å². The van der Waals surface area contributed by atoms with Crippen LogP contribution in [0.3, 0.4) is 0 Å². The first-order valence-corrected chi connectivity index (χ1v) is 4.80. The lowest BCUT2D eigenvalue weighted by Crippen LogP contribution is -2.61. The van der Waals surface area contributed by atoms with E-state index >= 15 is 0 Å². The van der Waals surface area contributed by atoms with Gasteiger partial charge in [0.15, 0.2) is 0 Å². The Bertz CT molecular complexity index is 137. The number of hydrogen-bond acceptors (Lipinski definition) is 2. The molecule has 0 aromatic carbocycles. The van der Waals surface area contributed by atoms with E-state index in [1.54, 1.807) is 0 Å². The zero-order chi connectivity index (χ0) is 7.73. The average molecular weight is 176 g/mol. The fourth-order valence-corrected chi connectivity index (χ4v) is 2.29. The molecule has 2 saturated heterocycles. The summed E-state index contributed by atoms with van der Waals surface area (Å²) < 4.78 is 5.67. The van der Waals surface area contributed by atoms with Gasteiger partial charge in [-0.25, -0.2) is 0 Å². The largest absolute Gasteiger partial charge is 0.372 e. The van der Waals surface area contributed by atoms with Crippen molar-refractivity contribution < 1.29 is 4.74 Å². The van der Waals surface area contributed by atoms with Crippen LogP contribution in [0.4, 0.5) is 0 Å². The van der Waals surface area contributed by atoms with E-state index < -0.39 is 0 Å². The van der Waals surface area contributed by atoms with Crippen molar-refractivity contribution in [2.75, 3.05) is 32.1 Å². The summed E-state index contributed by atoms with van der Waals surface area (Å²) >= 11 is 5.62. The fraction of sp³-hybridized carbons (Fsp3) is 1.00. The summed E-state index contributed by atoms with van der Waals surface area (Å²) in [6, 6.07) is 0. The van der Waals surface area contributed by atoms with Gasteiger partial charge >= 0.3 is 0 Å². The predicted octanol–water partition coefficient (Wildman–Crippen LogP) is 1.09. The van der Waals surface area contributed by atoms with Crippen LogP contribution in [0.2, 0.25) is 0 Å². The summed E-state index contributed by atoms with van der Waals surface area (Å²) in [6.07, 6.45) is 2.50. The number of nitrogens with zero attached hydrogens (tertiary/aromatic N) is 1. The van der Waals surface area contributed by atoms with E-state index in [1.807, 2.05) is 0 Å². The minimum Gasteiger partial charge on any atom is -0.372 e. The van der Waals surface area contributed by atoms with E-state index in [0.29, 0.717) is 0 Å². The lowest BCUT2D eigenvalue weighted by atomic mass is 9.91. The van der Waals surface area contributed by atoms with E-state index in [2.05, 4.69) is 4.90 Å². The second-order valence-electron chi connectivity index (χ2n) is 3.53. The molecule has 2 fully saturated rings. The molecule has 64 valence electrons. The number of likely N-dealkylation sites (tertiary alicyclic amines) is 1. The molecule has 1 spiro atoms. The molecule has 0 radical (unpaired) electrons. The van der Waals surface area contributed by atoms with Crippen LogP contribution in [0.15, 0.2) is 0 Å². The van der Waals surface area contributed by atoms with Crippen molar-refractivity contribution in [3.8, 4) is 0 Å². The highest BCUT2D eigenvalue weighted by molar-refractivity contribution is 6.18. The van der Waals surface area contributed by atoms with Crippen LogP contribution < -0.4 is 0 Å². The van der Waals surface area contributed by atoms with Gasteiger partial charge in [-0.15, -0.1) is 11.6 Å². The number of rotatable bonds is 2. The zero-order valence-corrected chi connectivity index (χ0v) is 7.44. The van der Waals surface area contributed by atoms with Gasteiger partial charge in [0.05, 0.1) is 5.60 Å². The molecule has 0 aromatic heterocycles. The molecule has 0 N–H and O–H groups in total. The van der Waals surface area contributed by atoms with Gasteiger partial charge in [0.2, 0.25) is 0 Å². The first kappa shape index (κ1) is 7.84. The molecule has 2 aliphatic heterocycles. The molecule has 0 aromatic rings. The van der Waals surface area contributed by atoms with Crippen LogP contribution in [0, 0.1) is 0 Å². The van der Waals surface area contributed by atoms with Crippen LogP contribution in [0.25, 0.3) is 0 Å². The van der Waals surface area contributed by atoms with Gasteiger partial charge in [-0.2, -0.15) is 0 Å². The van der Waals surface area contributed by atoms with Gasteiger partial charge < -0.3 is 4.74 Å². The SMILES string of the molecule is ClCCN1CC2(CCCO2)C1. The highest BCUT2D eigenvalue weighted by Crippen LogP contribution is 2.34. The van der Waals surface area contributed by atoms with E-state index in [9.17, 15) is 0 Å². The smallest absolute Gasteiger partial charge is 0.0935 e. The Morgan fingerprint density at radius 1 is 1.45 bits per heavy atom. The van der Waals surface area contributed by atoms with Crippen LogP contribution >= 0.6 is 11.6 Å². The van der Waals surface area contributed by atoms with Crippen LogP contribution in [0.1, 0.15) is 12.8 Å². The van der Waals surface area contributed by atoms with E-state index in [4.69, 9.17) is 16.3 Å². The minimum absolute atomic E-state index is 0.256. The second kappa shape index (κ2) is 2.92. The average Bonchev–Trinajstić information content (AvgIpc) is 2.35. The third-order valence-corrected chi connectivity index (χ3v) is 2.78. The summed E-state index contributed by atoms with van der Waals surface area (Å²) in [7, 11) is 0. The standard InChI is InChI=1S/C8H14ClNO/c9-3-4-10-6-8(7-10)2-1-5-11-8/h1-7H2. The summed E-state index contributed by atoms with van der Waals surface area (Å²) in [4.78, 5) is 2.36. The van der Waals surface area contributed by atoms with Gasteiger partial charge in [0, 0.05) is 32.1 Å². The molecule has 11 heavy (non-hydrogen) atoms. The predicted molar refractivity (Wildman–Crippen MR) is 45.1 cm³/mol. The molecule has 3 heteroatoms. The van der Waals surface area contributed by atoms with Crippen molar-refractivity contribution in [3.63, 3.8) is 0 Å². The summed E-state index contributed by atoms with van der Waals surface area (Å²) in [5.41, 5.74) is 0.256. The Labute approximate surface area is 72.5 Å². The Morgan fingerprint density at radius 3 is 2.82 bits per heavy atom. The number of ether oxygens (including phenoxy) is 1. The lowest BCUT2D eigenvalue weighted by Gasteiger charge is -2.46. The molecule has 2 rings (SSSR count). The molecular weight excluding hydrogens is 162 g/mol. The summed E-state index contributed by atoms with van der Waals surface area (Å²) in [6.45, 7) is 4.21. The van der Waals surface area contributed by atoms with E-state index in [1.165, 1.54) is 12.8 Å². The molecule has 2 heterocycles. The number of halogens is 1. The molecule has 0 saturated carbocycles. The Hall–Kier alpha value is 0.210. The monoisotopic (exact) mass is 175 g/mol. The van der Waals surface area contributed by atoms with Gasteiger partial charge in [0.1, 0.15) is 0 Å². The van der Waals surface area contributed by atoms with Crippen molar-refractivity contribution in [1.29, 1.82) is 0 Å². The summed E-state index contributed by atoms with van der Waals surface area (Å²) in [5, 5.41) is 0. The number of hydrogen-bond donors (Lipinski definition) is 0. The van der Waals surface area contributed by atoms with Crippen molar-refractivity contribution in [3.05, 3.63) is 0 Å². The van der Waals surface area contributed by atoms with Crippen molar-refractivity contribution in [2.24, 2.45) is 0 Å². The Balaban J connectivity index is 1.77. The van der Waals surface area contributed by atoms with E-state index in [0.717, 1.165) is 32.1 Å². The Kier molecular flexibility index (Phi) is 2.08. The van der Waals surface area contributed by atoms with Crippen molar-refractivity contribution in [1.82, 2.24) is 4.90 Å². The topological polar surface area (TPSA) is 12.5 Å². The second-order valence-corrected chi connectivity index (χ2v) is 3.91. The fourth-order valence-electron chi connectivity index (χ4n) is 2.05. The van der Waals surface area contributed by atoms with Gasteiger partial charge in [-0.3, -0.25) is 4.90 Å². The molecular formula is C8H14ClNO. The molecule has 0 bridgehead atoms. The maximum Gasteiger partial charge on any atom is 0.0935 e. The first-order valence-electron chi connectivity index (χ1n) is 4.27. The molecule has 2 aliphatic rings. The molecule has 0 unspecified atom stereocenters. The van der Waals surface area contributed by atoms with Crippen LogP contribution in [-0.2, 0) is 4.74 Å². The third kappa shape index (κ3) is 1.40. The molecule has 0 amide bonds. The summed E-state index contributed by atoms with van der Waals surface area (Å²) in [5.74, 6) is 0.746. The van der Waals surface area contributed by atoms with Gasteiger partial charge in [-0.05, 0) is 12.8 Å². The first-order chi connectivity index (χ1) is 5.35. The quantitative estimate of drug-likeness (QED) is 0.583. The minimum atomic E-state index is 0.256. The van der Waals surface area contributed by atoms with Gasteiger partial charge in [0.25, 0.3) is 0 Å². The van der Waals surface area contributed by atoms with Crippen molar-refractivity contribution >= 4 is 11.6 Å². The molecule has 0 atom stereocenters. The van der Waals surface area contributed by atoms with Crippen LogP contribution in [0.5, 0.6) is 0 Å². The normalized spacial score (nSPS) is 29.2. The maximum absolute atomic E-state index is 5.67. The highest BCUT2D eigenvalue weighted by atomic mass is 35.5. The Morgan fingerprint density at radius 2 is 2.27 bits per heavy atom. The molecule has 2 nitrogen and oxygen atoms in total. The highest BCUT2D eigenvalue weighted by Gasteiger charge is 2.45. The maximum atomic E-state index is 5.67. The zero-order valence-electron chi connectivity index (χ0n) is 6.68. The number of alkyl halides is 1. The van der Waals surface area contributed by atoms with E-state index in [-0.39, 0.29) is 5.60 Å². The van der Waals surface area contributed by atoms with Gasteiger partial charge in [-0.1, -0.05) is 0 Å².